The summed E-state index contributed by atoms with van der Waals surface area (Å²) in [5, 5.41) is 6.55. The van der Waals surface area contributed by atoms with Crippen molar-refractivity contribution >= 4 is 22.6 Å². The lowest BCUT2D eigenvalue weighted by atomic mass is 10.3. The van der Waals surface area contributed by atoms with Gasteiger partial charge in [0.05, 0.1) is 0 Å². The topological polar surface area (TPSA) is 69.6 Å². The van der Waals surface area contributed by atoms with Gasteiger partial charge in [0.15, 0.2) is 17.6 Å². The average molecular weight is 370 g/mol. The monoisotopic (exact) mass is 369 g/mol. The Bertz CT molecular complexity index is 632. The first-order valence-electron chi connectivity index (χ1n) is 8.52. The Morgan fingerprint density at radius 3 is 2.92 bits per heavy atom. The number of aromatic nitrogens is 1. The summed E-state index contributed by atoms with van der Waals surface area (Å²) in [5.41, 5.74) is 0. The van der Waals surface area contributed by atoms with E-state index >= 15 is 0 Å². The highest BCUT2D eigenvalue weighted by Crippen LogP contribution is 2.20. The summed E-state index contributed by atoms with van der Waals surface area (Å²) in [6, 6.07) is 3.19. The quantitative estimate of drug-likeness (QED) is 0.608. The van der Waals surface area contributed by atoms with Crippen LogP contribution in [0.5, 0.6) is 0 Å². The molecule has 1 aromatic rings. The van der Waals surface area contributed by atoms with Gasteiger partial charge in [-0.15, -0.1) is 0 Å². The lowest BCUT2D eigenvalue weighted by molar-refractivity contribution is 0.612. The van der Waals surface area contributed by atoms with Crippen LogP contribution in [0.15, 0.2) is 23.3 Å². The van der Waals surface area contributed by atoms with E-state index in [0.717, 1.165) is 13.0 Å². The first-order chi connectivity index (χ1) is 11.8. The average Bonchev–Trinajstić information content (AvgIpc) is 3.01. The van der Waals surface area contributed by atoms with Gasteiger partial charge in [-0.3, -0.25) is 9.20 Å². The fourth-order valence-electron chi connectivity index (χ4n) is 2.64. The predicted octanol–water partition coefficient (Wildman–Crippen LogP) is 1.51. The molecule has 1 aromatic heterocycles. The summed E-state index contributed by atoms with van der Waals surface area (Å²) in [5.74, 6) is 1.35. The summed E-state index contributed by atoms with van der Waals surface area (Å²) < 4.78 is 25.7. The van der Waals surface area contributed by atoms with Crippen molar-refractivity contribution in [1.29, 1.82) is 0 Å². The van der Waals surface area contributed by atoms with E-state index < -0.39 is 10.8 Å². The largest absolute Gasteiger partial charge is 0.355 e. The van der Waals surface area contributed by atoms with Crippen molar-refractivity contribution in [2.45, 2.75) is 38.0 Å². The highest BCUT2D eigenvalue weighted by molar-refractivity contribution is 7.86. The lowest BCUT2D eigenvalue weighted by Crippen LogP contribution is -2.46. The smallest absolute Gasteiger partial charge is 0.191 e. The zero-order chi connectivity index (χ0) is 18.4. The van der Waals surface area contributed by atoms with Crippen LogP contribution < -0.4 is 15.5 Å². The van der Waals surface area contributed by atoms with Crippen LogP contribution in [0, 0.1) is 5.82 Å². The second-order valence-corrected chi connectivity index (χ2v) is 9.37. The Labute approximate surface area is 151 Å². The fraction of sp³-hybridized carbons (Fsp3) is 0.647. The molecule has 2 heterocycles. The van der Waals surface area contributed by atoms with Crippen LogP contribution in [-0.2, 0) is 10.8 Å². The Morgan fingerprint density at radius 2 is 2.28 bits per heavy atom. The van der Waals surface area contributed by atoms with Crippen molar-refractivity contribution in [2.75, 3.05) is 37.3 Å². The molecular formula is C17H28FN5OS. The summed E-state index contributed by atoms with van der Waals surface area (Å²) in [6.45, 7) is 7.92. The molecule has 0 spiro atoms. The van der Waals surface area contributed by atoms with E-state index in [0.29, 0.717) is 30.6 Å². The molecule has 0 bridgehead atoms. The lowest BCUT2D eigenvalue weighted by Gasteiger charge is -2.21. The third-order valence-corrected chi connectivity index (χ3v) is 6.00. The number of anilines is 1. The van der Waals surface area contributed by atoms with Gasteiger partial charge in [0.1, 0.15) is 0 Å². The third-order valence-electron chi connectivity index (χ3n) is 4.05. The summed E-state index contributed by atoms with van der Waals surface area (Å²) in [4.78, 5) is 10.3. The first kappa shape index (κ1) is 19.6. The van der Waals surface area contributed by atoms with Gasteiger partial charge in [0.2, 0.25) is 0 Å². The van der Waals surface area contributed by atoms with E-state index in [1.165, 1.54) is 6.07 Å². The molecule has 0 amide bonds. The standard InChI is InChI=1S/C17H28FN5OS/c1-17(2,3)25(24)11-9-21-16(19-4)22-13-7-10-23(12-13)15-14(18)6-5-8-20-15/h5-6,8,13H,7,9-12H2,1-4H3,(H2,19,21,22). The molecule has 0 saturated carbocycles. The van der Waals surface area contributed by atoms with Gasteiger partial charge in [-0.25, -0.2) is 9.37 Å². The van der Waals surface area contributed by atoms with Gasteiger partial charge in [0.25, 0.3) is 0 Å². The molecule has 1 aliphatic rings. The minimum absolute atomic E-state index is 0.167. The van der Waals surface area contributed by atoms with Crippen LogP contribution in [0.25, 0.3) is 0 Å². The second-order valence-electron chi connectivity index (χ2n) is 7.05. The summed E-state index contributed by atoms with van der Waals surface area (Å²) in [6.07, 6.45) is 2.49. The molecule has 1 saturated heterocycles. The highest BCUT2D eigenvalue weighted by Gasteiger charge is 2.26. The van der Waals surface area contributed by atoms with Crippen molar-refractivity contribution < 1.29 is 8.60 Å². The Kier molecular flexibility index (Phi) is 6.75. The van der Waals surface area contributed by atoms with E-state index in [1.54, 1.807) is 19.3 Å². The van der Waals surface area contributed by atoms with Gasteiger partial charge in [-0.2, -0.15) is 0 Å². The molecule has 2 unspecified atom stereocenters. The SMILES string of the molecule is CN=C(NCCS(=O)C(C)(C)C)NC1CCN(c2ncccc2F)C1. The van der Waals surface area contributed by atoms with E-state index in [-0.39, 0.29) is 16.6 Å². The van der Waals surface area contributed by atoms with Gasteiger partial charge < -0.3 is 15.5 Å². The molecule has 2 atom stereocenters. The van der Waals surface area contributed by atoms with Crippen LogP contribution in [0.1, 0.15) is 27.2 Å². The van der Waals surface area contributed by atoms with Gasteiger partial charge >= 0.3 is 0 Å². The molecule has 25 heavy (non-hydrogen) atoms. The molecule has 2 N–H and O–H groups in total. The zero-order valence-electron chi connectivity index (χ0n) is 15.4. The number of guanidine groups is 1. The fourth-order valence-corrected chi connectivity index (χ4v) is 3.54. The number of hydrogen-bond donors (Lipinski definition) is 2. The van der Waals surface area contributed by atoms with Gasteiger partial charge in [0, 0.05) is 60.2 Å². The molecule has 8 heteroatoms. The van der Waals surface area contributed by atoms with Crippen molar-refractivity contribution in [3.63, 3.8) is 0 Å². The number of aliphatic imine (C=N–C) groups is 1. The number of hydrogen-bond acceptors (Lipinski definition) is 4. The number of rotatable bonds is 5. The van der Waals surface area contributed by atoms with Crippen LogP contribution in [0.2, 0.25) is 0 Å². The normalized spacial score (nSPS) is 19.8. The minimum atomic E-state index is -0.896. The number of nitrogens with zero attached hydrogens (tertiary/aromatic N) is 3. The third kappa shape index (κ3) is 5.66. The minimum Gasteiger partial charge on any atom is -0.355 e. The second kappa shape index (κ2) is 8.60. The molecule has 6 nitrogen and oxygen atoms in total. The van der Waals surface area contributed by atoms with Gasteiger partial charge in [-0.05, 0) is 39.3 Å². The zero-order valence-corrected chi connectivity index (χ0v) is 16.2. The van der Waals surface area contributed by atoms with E-state index in [9.17, 15) is 8.60 Å². The van der Waals surface area contributed by atoms with Crippen molar-refractivity contribution in [2.24, 2.45) is 4.99 Å². The van der Waals surface area contributed by atoms with E-state index in [4.69, 9.17) is 0 Å². The maximum atomic E-state index is 13.8. The maximum absolute atomic E-state index is 13.8. The molecule has 2 rings (SSSR count). The van der Waals surface area contributed by atoms with Crippen LogP contribution in [0.4, 0.5) is 10.2 Å². The molecule has 0 aliphatic carbocycles. The van der Waals surface area contributed by atoms with Crippen LogP contribution >= 0.6 is 0 Å². The van der Waals surface area contributed by atoms with Gasteiger partial charge in [-0.1, -0.05) is 0 Å². The van der Waals surface area contributed by atoms with Crippen molar-refractivity contribution in [3.8, 4) is 0 Å². The molecule has 0 aromatic carbocycles. The van der Waals surface area contributed by atoms with Crippen LogP contribution in [-0.4, -0.2) is 58.4 Å². The summed E-state index contributed by atoms with van der Waals surface area (Å²) in [7, 11) is 0.813. The molecule has 1 fully saturated rings. The summed E-state index contributed by atoms with van der Waals surface area (Å²) >= 11 is 0. The number of pyridine rings is 1. The predicted molar refractivity (Wildman–Crippen MR) is 102 cm³/mol. The van der Waals surface area contributed by atoms with E-state index in [2.05, 4.69) is 20.6 Å². The number of halogens is 1. The Hall–Kier alpha value is -1.70. The highest BCUT2D eigenvalue weighted by atomic mass is 32.2. The molecular weight excluding hydrogens is 341 g/mol. The Morgan fingerprint density at radius 1 is 1.52 bits per heavy atom. The van der Waals surface area contributed by atoms with Crippen molar-refractivity contribution in [3.05, 3.63) is 24.1 Å². The first-order valence-corrected chi connectivity index (χ1v) is 9.84. The van der Waals surface area contributed by atoms with E-state index in [1.807, 2.05) is 25.7 Å². The van der Waals surface area contributed by atoms with Crippen LogP contribution in [0.3, 0.4) is 0 Å². The Balaban J connectivity index is 1.81. The molecule has 140 valence electrons. The molecule has 0 radical (unpaired) electrons. The molecule has 1 aliphatic heterocycles. The maximum Gasteiger partial charge on any atom is 0.191 e. The number of nitrogens with one attached hydrogen (secondary N) is 2. The van der Waals surface area contributed by atoms with Crippen molar-refractivity contribution in [1.82, 2.24) is 15.6 Å².